The molecular weight excluding hydrogens is 314 g/mol. The highest BCUT2D eigenvalue weighted by Crippen LogP contribution is 2.20. The van der Waals surface area contributed by atoms with Crippen LogP contribution in [-0.2, 0) is 4.74 Å². The van der Waals surface area contributed by atoms with Gasteiger partial charge in [0.1, 0.15) is 0 Å². The van der Waals surface area contributed by atoms with Crippen LogP contribution in [0.25, 0.3) is 0 Å². The normalized spacial score (nSPS) is 30.8. The first-order valence-electron chi connectivity index (χ1n) is 10.3. The third-order valence-corrected chi connectivity index (χ3v) is 5.95. The number of hydrogen-bond donors (Lipinski definition) is 1. The maximum atomic E-state index is 5.57. The number of aliphatic imine (C=N–C) groups is 1. The van der Waals surface area contributed by atoms with Gasteiger partial charge in [0, 0.05) is 44.3 Å². The van der Waals surface area contributed by atoms with E-state index >= 15 is 0 Å². The fourth-order valence-electron chi connectivity index (χ4n) is 4.48. The Morgan fingerprint density at radius 1 is 1.24 bits per heavy atom. The molecule has 3 rings (SSSR count). The van der Waals surface area contributed by atoms with E-state index in [0.717, 1.165) is 57.9 Å². The fourth-order valence-corrected chi connectivity index (χ4v) is 4.48. The largest absolute Gasteiger partial charge is 0.379 e. The predicted molar refractivity (Wildman–Crippen MR) is 103 cm³/mol. The minimum atomic E-state index is 0.463. The highest BCUT2D eigenvalue weighted by molar-refractivity contribution is 5.80. The minimum absolute atomic E-state index is 0.463. The Labute approximate surface area is 153 Å². The van der Waals surface area contributed by atoms with Crippen molar-refractivity contribution in [3.05, 3.63) is 0 Å². The first-order chi connectivity index (χ1) is 12.2. The van der Waals surface area contributed by atoms with E-state index in [-0.39, 0.29) is 0 Å². The van der Waals surface area contributed by atoms with Gasteiger partial charge in [0.2, 0.25) is 0 Å². The summed E-state index contributed by atoms with van der Waals surface area (Å²) in [6, 6.07) is 1.68. The maximum Gasteiger partial charge on any atom is 0.194 e. The van der Waals surface area contributed by atoms with E-state index in [1.807, 2.05) is 0 Å². The van der Waals surface area contributed by atoms with Gasteiger partial charge < -0.3 is 15.0 Å². The number of nitrogens with one attached hydrogen (secondary N) is 1. The summed E-state index contributed by atoms with van der Waals surface area (Å²) in [7, 11) is 0. The Kier molecular flexibility index (Phi) is 6.96. The lowest BCUT2D eigenvalue weighted by Crippen LogP contribution is -2.50. The van der Waals surface area contributed by atoms with Crippen LogP contribution in [0.15, 0.2) is 4.99 Å². The molecule has 0 aromatic carbocycles. The summed E-state index contributed by atoms with van der Waals surface area (Å²) >= 11 is 0. The van der Waals surface area contributed by atoms with Crippen molar-refractivity contribution in [3.8, 4) is 0 Å². The third-order valence-electron chi connectivity index (χ3n) is 5.95. The summed E-state index contributed by atoms with van der Waals surface area (Å²) in [5, 5.41) is 3.52. The molecule has 0 amide bonds. The molecule has 144 valence electrons. The van der Waals surface area contributed by atoms with Gasteiger partial charge in [0.15, 0.2) is 5.96 Å². The number of rotatable bonds is 5. The van der Waals surface area contributed by atoms with Gasteiger partial charge in [0.25, 0.3) is 0 Å². The molecule has 0 saturated carbocycles. The second-order valence-corrected chi connectivity index (χ2v) is 7.84. The molecule has 3 heterocycles. The van der Waals surface area contributed by atoms with Crippen LogP contribution in [-0.4, -0.2) is 97.8 Å². The average Bonchev–Trinajstić information content (AvgIpc) is 3.29. The van der Waals surface area contributed by atoms with Crippen molar-refractivity contribution < 1.29 is 4.74 Å². The van der Waals surface area contributed by atoms with E-state index in [9.17, 15) is 0 Å². The van der Waals surface area contributed by atoms with E-state index in [2.05, 4.69) is 40.8 Å². The summed E-state index contributed by atoms with van der Waals surface area (Å²) < 4.78 is 5.57. The zero-order valence-electron chi connectivity index (χ0n) is 16.4. The van der Waals surface area contributed by atoms with E-state index in [4.69, 9.17) is 9.73 Å². The van der Waals surface area contributed by atoms with Crippen LogP contribution in [0, 0.1) is 0 Å². The van der Waals surface area contributed by atoms with Crippen molar-refractivity contribution in [2.45, 2.75) is 58.2 Å². The van der Waals surface area contributed by atoms with Crippen molar-refractivity contribution in [3.63, 3.8) is 0 Å². The van der Waals surface area contributed by atoms with Crippen LogP contribution in [0.1, 0.15) is 40.0 Å². The van der Waals surface area contributed by atoms with Crippen molar-refractivity contribution in [2.24, 2.45) is 4.99 Å². The van der Waals surface area contributed by atoms with Gasteiger partial charge in [-0.2, -0.15) is 0 Å². The zero-order valence-corrected chi connectivity index (χ0v) is 16.4. The number of hydrogen-bond acceptors (Lipinski definition) is 4. The topological polar surface area (TPSA) is 43.3 Å². The molecule has 3 fully saturated rings. The molecule has 3 saturated heterocycles. The molecule has 3 atom stereocenters. The average molecular weight is 352 g/mol. The number of morpholine rings is 1. The van der Waals surface area contributed by atoms with Gasteiger partial charge in [-0.3, -0.25) is 14.8 Å². The SMILES string of the molecule is CCNC(=NCC(C)N1CCOCC1C)N1CCC(N2CCCC2)C1. The fraction of sp³-hybridized carbons (Fsp3) is 0.947. The summed E-state index contributed by atoms with van der Waals surface area (Å²) in [4.78, 5) is 12.7. The molecule has 0 aromatic rings. The summed E-state index contributed by atoms with van der Waals surface area (Å²) in [6.07, 6.45) is 4.03. The Hall–Kier alpha value is -0.850. The molecule has 0 aliphatic carbocycles. The van der Waals surface area contributed by atoms with Crippen molar-refractivity contribution in [2.75, 3.05) is 59.0 Å². The second kappa shape index (κ2) is 9.19. The lowest BCUT2D eigenvalue weighted by atomic mass is 10.2. The van der Waals surface area contributed by atoms with E-state index < -0.39 is 0 Å². The first-order valence-corrected chi connectivity index (χ1v) is 10.3. The Bertz CT molecular complexity index is 438. The minimum Gasteiger partial charge on any atom is -0.379 e. The zero-order chi connectivity index (χ0) is 17.6. The van der Waals surface area contributed by atoms with E-state index in [1.165, 1.54) is 32.4 Å². The molecule has 3 aliphatic rings. The summed E-state index contributed by atoms with van der Waals surface area (Å²) in [6.45, 7) is 16.1. The Balaban J connectivity index is 1.55. The van der Waals surface area contributed by atoms with Gasteiger partial charge >= 0.3 is 0 Å². The Morgan fingerprint density at radius 2 is 2.04 bits per heavy atom. The molecule has 0 radical (unpaired) electrons. The van der Waals surface area contributed by atoms with Crippen molar-refractivity contribution >= 4 is 5.96 Å². The van der Waals surface area contributed by atoms with Crippen molar-refractivity contribution in [1.82, 2.24) is 20.0 Å². The quantitative estimate of drug-likeness (QED) is 0.596. The third kappa shape index (κ3) is 4.86. The first kappa shape index (κ1) is 18.9. The van der Waals surface area contributed by atoms with Gasteiger partial charge in [-0.25, -0.2) is 0 Å². The molecule has 3 unspecified atom stereocenters. The molecule has 0 bridgehead atoms. The molecule has 1 N–H and O–H groups in total. The Morgan fingerprint density at radius 3 is 2.76 bits per heavy atom. The van der Waals surface area contributed by atoms with Crippen LogP contribution in [0.5, 0.6) is 0 Å². The van der Waals surface area contributed by atoms with Gasteiger partial charge in [-0.05, 0) is 53.1 Å². The standard InChI is InChI=1S/C19H37N5O/c1-4-20-19(21-13-16(2)24-11-12-25-15-17(24)3)23-10-7-18(14-23)22-8-5-6-9-22/h16-18H,4-15H2,1-3H3,(H,20,21). The number of nitrogens with zero attached hydrogens (tertiary/aromatic N) is 4. The van der Waals surface area contributed by atoms with Crippen LogP contribution in [0.3, 0.4) is 0 Å². The molecule has 6 heteroatoms. The van der Waals surface area contributed by atoms with Crippen molar-refractivity contribution in [1.29, 1.82) is 0 Å². The lowest BCUT2D eigenvalue weighted by molar-refractivity contribution is -0.0166. The molecule has 25 heavy (non-hydrogen) atoms. The second-order valence-electron chi connectivity index (χ2n) is 7.84. The summed E-state index contributed by atoms with van der Waals surface area (Å²) in [5.41, 5.74) is 0. The number of likely N-dealkylation sites (tertiary alicyclic amines) is 2. The van der Waals surface area contributed by atoms with Crippen LogP contribution < -0.4 is 5.32 Å². The van der Waals surface area contributed by atoms with Gasteiger partial charge in [-0.1, -0.05) is 0 Å². The molecule has 0 spiro atoms. The highest BCUT2D eigenvalue weighted by Gasteiger charge is 2.31. The highest BCUT2D eigenvalue weighted by atomic mass is 16.5. The van der Waals surface area contributed by atoms with E-state index in [0.29, 0.717) is 12.1 Å². The molecular formula is C19H37N5O. The summed E-state index contributed by atoms with van der Waals surface area (Å²) in [5.74, 6) is 1.11. The predicted octanol–water partition coefficient (Wildman–Crippen LogP) is 1.23. The van der Waals surface area contributed by atoms with Crippen LogP contribution >= 0.6 is 0 Å². The number of guanidine groups is 1. The number of ether oxygens (including phenoxy) is 1. The maximum absolute atomic E-state index is 5.57. The van der Waals surface area contributed by atoms with Gasteiger partial charge in [0.05, 0.1) is 19.8 Å². The van der Waals surface area contributed by atoms with Crippen LogP contribution in [0.2, 0.25) is 0 Å². The molecule has 6 nitrogen and oxygen atoms in total. The lowest BCUT2D eigenvalue weighted by Gasteiger charge is -2.37. The van der Waals surface area contributed by atoms with Gasteiger partial charge in [-0.15, -0.1) is 0 Å². The van der Waals surface area contributed by atoms with E-state index in [1.54, 1.807) is 0 Å². The monoisotopic (exact) mass is 351 g/mol. The smallest absolute Gasteiger partial charge is 0.194 e. The molecule has 0 aromatic heterocycles. The molecule has 3 aliphatic heterocycles. The van der Waals surface area contributed by atoms with Crippen LogP contribution in [0.4, 0.5) is 0 Å².